The maximum Gasteiger partial charge on any atom is 0.225 e. The number of aromatic nitrogens is 4. The molecule has 1 saturated heterocycles. The molecule has 1 aliphatic heterocycles. The number of hydrogen-bond acceptors (Lipinski definition) is 8. The third-order valence-electron chi connectivity index (χ3n) is 4.63. The van der Waals surface area contributed by atoms with Crippen LogP contribution in [-0.4, -0.2) is 53.2 Å². The first-order chi connectivity index (χ1) is 13.7. The lowest BCUT2D eigenvalue weighted by Gasteiger charge is -2.35. The van der Waals surface area contributed by atoms with Crippen molar-refractivity contribution in [2.75, 3.05) is 48.4 Å². The monoisotopic (exact) mass is 377 g/mol. The van der Waals surface area contributed by atoms with Crippen LogP contribution in [0.2, 0.25) is 0 Å². The van der Waals surface area contributed by atoms with Gasteiger partial charge in [0.25, 0.3) is 0 Å². The van der Waals surface area contributed by atoms with E-state index in [-0.39, 0.29) is 0 Å². The van der Waals surface area contributed by atoms with Crippen LogP contribution in [0.25, 0.3) is 0 Å². The summed E-state index contributed by atoms with van der Waals surface area (Å²) in [7, 11) is 1.66. The van der Waals surface area contributed by atoms with E-state index in [0.717, 1.165) is 61.0 Å². The van der Waals surface area contributed by atoms with Crippen LogP contribution < -0.4 is 19.9 Å². The van der Waals surface area contributed by atoms with Crippen molar-refractivity contribution in [3.63, 3.8) is 0 Å². The van der Waals surface area contributed by atoms with E-state index in [1.807, 2.05) is 43.3 Å². The molecule has 8 nitrogen and oxygen atoms in total. The van der Waals surface area contributed by atoms with E-state index in [0.29, 0.717) is 0 Å². The molecule has 144 valence electrons. The third kappa shape index (κ3) is 4.11. The van der Waals surface area contributed by atoms with Gasteiger partial charge < -0.3 is 19.9 Å². The molecule has 0 atom stereocenters. The van der Waals surface area contributed by atoms with E-state index in [1.54, 1.807) is 19.5 Å². The van der Waals surface area contributed by atoms with Crippen molar-refractivity contribution in [1.29, 1.82) is 0 Å². The minimum Gasteiger partial charge on any atom is -0.497 e. The maximum atomic E-state index is 5.20. The second-order valence-corrected chi connectivity index (χ2v) is 6.53. The van der Waals surface area contributed by atoms with Crippen LogP contribution in [0.3, 0.4) is 0 Å². The largest absolute Gasteiger partial charge is 0.497 e. The molecule has 2 aromatic heterocycles. The molecule has 28 heavy (non-hydrogen) atoms. The van der Waals surface area contributed by atoms with Crippen molar-refractivity contribution in [1.82, 2.24) is 19.9 Å². The van der Waals surface area contributed by atoms with Gasteiger partial charge in [0.2, 0.25) is 5.95 Å². The lowest BCUT2D eigenvalue weighted by atomic mass is 10.3. The van der Waals surface area contributed by atoms with E-state index in [2.05, 4.69) is 35.1 Å². The zero-order chi connectivity index (χ0) is 19.3. The maximum absolute atomic E-state index is 5.20. The number of benzene rings is 1. The molecule has 0 radical (unpaired) electrons. The standard InChI is InChI=1S/C20H23N7O/c1-15-23-18(25-16-4-6-17(28-2)7-5-16)14-19(24-15)26-10-12-27(13-11-26)20-21-8-3-9-22-20/h3-9,14H,10-13H2,1-2H3,(H,23,24,25). The van der Waals surface area contributed by atoms with Gasteiger partial charge in [0.15, 0.2) is 0 Å². The van der Waals surface area contributed by atoms with Gasteiger partial charge in [-0.2, -0.15) is 0 Å². The Morgan fingerprint density at radius 2 is 1.61 bits per heavy atom. The number of methoxy groups -OCH3 is 1. The molecule has 1 aliphatic rings. The smallest absolute Gasteiger partial charge is 0.225 e. The van der Waals surface area contributed by atoms with E-state index in [9.17, 15) is 0 Å². The zero-order valence-electron chi connectivity index (χ0n) is 16.0. The Bertz CT molecular complexity index is 910. The predicted molar refractivity (Wildman–Crippen MR) is 110 cm³/mol. The van der Waals surface area contributed by atoms with Gasteiger partial charge in [-0.1, -0.05) is 0 Å². The summed E-state index contributed by atoms with van der Waals surface area (Å²) in [5.41, 5.74) is 0.955. The summed E-state index contributed by atoms with van der Waals surface area (Å²) in [6.45, 7) is 5.34. The zero-order valence-corrected chi connectivity index (χ0v) is 16.0. The SMILES string of the molecule is COc1ccc(Nc2cc(N3CCN(c4ncccn4)CC3)nc(C)n2)cc1. The highest BCUT2D eigenvalue weighted by molar-refractivity contribution is 5.60. The van der Waals surface area contributed by atoms with Crippen LogP contribution in [0.5, 0.6) is 5.75 Å². The second-order valence-electron chi connectivity index (χ2n) is 6.53. The van der Waals surface area contributed by atoms with Crippen LogP contribution in [0.1, 0.15) is 5.82 Å². The summed E-state index contributed by atoms with van der Waals surface area (Å²) in [6, 6.07) is 11.6. The highest BCUT2D eigenvalue weighted by Gasteiger charge is 2.20. The van der Waals surface area contributed by atoms with Gasteiger partial charge in [-0.05, 0) is 37.3 Å². The van der Waals surface area contributed by atoms with Crippen molar-refractivity contribution in [3.8, 4) is 5.75 Å². The van der Waals surface area contributed by atoms with Crippen molar-refractivity contribution in [2.45, 2.75) is 6.92 Å². The van der Waals surface area contributed by atoms with Gasteiger partial charge in [0.05, 0.1) is 7.11 Å². The lowest BCUT2D eigenvalue weighted by molar-refractivity contribution is 0.415. The van der Waals surface area contributed by atoms with Crippen LogP contribution in [-0.2, 0) is 0 Å². The highest BCUT2D eigenvalue weighted by atomic mass is 16.5. The molecule has 0 saturated carbocycles. The van der Waals surface area contributed by atoms with Gasteiger partial charge in [0.1, 0.15) is 23.2 Å². The average Bonchev–Trinajstić information content (AvgIpc) is 2.75. The Kier molecular flexibility index (Phi) is 5.18. The van der Waals surface area contributed by atoms with E-state index in [4.69, 9.17) is 4.74 Å². The fraction of sp³-hybridized carbons (Fsp3) is 0.300. The molecule has 4 rings (SSSR count). The number of rotatable bonds is 5. The van der Waals surface area contributed by atoms with Gasteiger partial charge in [-0.3, -0.25) is 0 Å². The summed E-state index contributed by atoms with van der Waals surface area (Å²) < 4.78 is 5.20. The first kappa shape index (κ1) is 18.0. The minimum atomic E-state index is 0.738. The van der Waals surface area contributed by atoms with Gasteiger partial charge >= 0.3 is 0 Å². The van der Waals surface area contributed by atoms with Crippen LogP contribution in [0.15, 0.2) is 48.8 Å². The Morgan fingerprint density at radius 1 is 0.929 bits per heavy atom. The van der Waals surface area contributed by atoms with Crippen LogP contribution in [0.4, 0.5) is 23.3 Å². The average molecular weight is 377 g/mol. The molecule has 3 aromatic rings. The highest BCUT2D eigenvalue weighted by Crippen LogP contribution is 2.23. The van der Waals surface area contributed by atoms with Gasteiger partial charge in [-0.15, -0.1) is 0 Å². The number of anilines is 4. The van der Waals surface area contributed by atoms with Crippen molar-refractivity contribution >= 4 is 23.3 Å². The molecule has 3 heterocycles. The molecule has 1 N–H and O–H groups in total. The molecule has 0 bridgehead atoms. The molecule has 0 amide bonds. The summed E-state index contributed by atoms with van der Waals surface area (Å²) >= 11 is 0. The lowest BCUT2D eigenvalue weighted by Crippen LogP contribution is -2.47. The molecule has 1 aromatic carbocycles. The fourth-order valence-corrected chi connectivity index (χ4v) is 3.19. The Balaban J connectivity index is 1.45. The van der Waals surface area contributed by atoms with Gasteiger partial charge in [-0.25, -0.2) is 19.9 Å². The number of aryl methyl sites for hydroxylation is 1. The van der Waals surface area contributed by atoms with Crippen molar-refractivity contribution in [2.24, 2.45) is 0 Å². The topological polar surface area (TPSA) is 79.3 Å². The molecular formula is C20H23N7O. The van der Waals surface area contributed by atoms with Crippen molar-refractivity contribution < 1.29 is 4.74 Å². The first-order valence-electron chi connectivity index (χ1n) is 9.25. The van der Waals surface area contributed by atoms with Gasteiger partial charge in [0, 0.05) is 50.3 Å². The molecule has 0 aliphatic carbocycles. The van der Waals surface area contributed by atoms with Crippen LogP contribution >= 0.6 is 0 Å². The van der Waals surface area contributed by atoms with E-state index < -0.39 is 0 Å². The Labute approximate surface area is 164 Å². The third-order valence-corrected chi connectivity index (χ3v) is 4.63. The minimum absolute atomic E-state index is 0.738. The number of nitrogens with zero attached hydrogens (tertiary/aromatic N) is 6. The van der Waals surface area contributed by atoms with E-state index >= 15 is 0 Å². The predicted octanol–water partition coefficient (Wildman–Crippen LogP) is 2.65. The molecule has 1 fully saturated rings. The van der Waals surface area contributed by atoms with E-state index in [1.165, 1.54) is 0 Å². The van der Waals surface area contributed by atoms with Crippen LogP contribution in [0, 0.1) is 6.92 Å². The van der Waals surface area contributed by atoms with Crippen molar-refractivity contribution in [3.05, 3.63) is 54.6 Å². The normalized spacial score (nSPS) is 14.1. The number of ether oxygens (including phenoxy) is 1. The molecule has 8 heteroatoms. The summed E-state index contributed by atoms with van der Waals surface area (Å²) in [5.74, 6) is 4.05. The molecule has 0 spiro atoms. The molecule has 0 unspecified atom stereocenters. The number of nitrogens with one attached hydrogen (secondary N) is 1. The summed E-state index contributed by atoms with van der Waals surface area (Å²) in [4.78, 5) is 22.3. The summed E-state index contributed by atoms with van der Waals surface area (Å²) in [5, 5.41) is 3.35. The molecular weight excluding hydrogens is 354 g/mol. The first-order valence-corrected chi connectivity index (χ1v) is 9.25. The Morgan fingerprint density at radius 3 is 2.29 bits per heavy atom. The second kappa shape index (κ2) is 8.08. The quantitative estimate of drug-likeness (QED) is 0.727. The fourth-order valence-electron chi connectivity index (χ4n) is 3.19. The number of hydrogen-bond donors (Lipinski definition) is 1. The summed E-state index contributed by atoms with van der Waals surface area (Å²) in [6.07, 6.45) is 3.55. The Hall–Kier alpha value is -3.42. The number of piperazine rings is 1.